The van der Waals surface area contributed by atoms with Crippen LogP contribution in [0.5, 0.6) is 5.75 Å². The highest BCUT2D eigenvalue weighted by Crippen LogP contribution is 2.12. The molecule has 5 unspecified atom stereocenters. The Labute approximate surface area is 189 Å². The van der Waals surface area contributed by atoms with E-state index in [1.165, 1.54) is 31.2 Å². The molecular weight excluding hydrogens is 444 g/mol. The second kappa shape index (κ2) is 12.9. The van der Waals surface area contributed by atoms with Crippen molar-refractivity contribution in [3.63, 3.8) is 0 Å². The molecular formula is C19H28N4O8S. The number of carbonyl (C=O) groups is 4. The SMILES string of the molecule is CC(O)C(N)C(=O)NC(Cc1ccc(O)cc1)C(=O)NC(CO)C(=O)NC(CS)C(=O)O. The monoisotopic (exact) mass is 472 g/mol. The van der Waals surface area contributed by atoms with Gasteiger partial charge in [-0.05, 0) is 24.6 Å². The molecule has 1 rings (SSSR count). The molecule has 13 heteroatoms. The van der Waals surface area contributed by atoms with E-state index in [1.807, 2.05) is 0 Å². The van der Waals surface area contributed by atoms with Crippen LogP contribution in [0.3, 0.4) is 0 Å². The maximum Gasteiger partial charge on any atom is 0.327 e. The average molecular weight is 473 g/mol. The summed E-state index contributed by atoms with van der Waals surface area (Å²) in [7, 11) is 0. The Balaban J connectivity index is 3.00. The van der Waals surface area contributed by atoms with Crippen LogP contribution >= 0.6 is 12.6 Å². The lowest BCUT2D eigenvalue weighted by Gasteiger charge is -2.24. The second-order valence-corrected chi connectivity index (χ2v) is 7.39. The van der Waals surface area contributed by atoms with Gasteiger partial charge in [0.25, 0.3) is 0 Å². The van der Waals surface area contributed by atoms with Gasteiger partial charge < -0.3 is 42.1 Å². The molecule has 1 aromatic rings. The Morgan fingerprint density at radius 1 is 0.969 bits per heavy atom. The summed E-state index contributed by atoms with van der Waals surface area (Å²) >= 11 is 3.82. The first-order valence-corrected chi connectivity index (χ1v) is 10.2. The van der Waals surface area contributed by atoms with Crippen molar-refractivity contribution in [2.75, 3.05) is 12.4 Å². The Morgan fingerprint density at radius 2 is 1.47 bits per heavy atom. The van der Waals surface area contributed by atoms with Gasteiger partial charge in [-0.15, -0.1) is 0 Å². The number of thiol groups is 1. The zero-order valence-electron chi connectivity index (χ0n) is 17.3. The molecule has 0 heterocycles. The number of hydrogen-bond donors (Lipinski definition) is 9. The number of carboxylic acids is 1. The van der Waals surface area contributed by atoms with Crippen LogP contribution in [0.2, 0.25) is 0 Å². The van der Waals surface area contributed by atoms with Crippen molar-refractivity contribution in [3.8, 4) is 5.75 Å². The number of aromatic hydroxyl groups is 1. The van der Waals surface area contributed by atoms with Crippen LogP contribution in [0.15, 0.2) is 24.3 Å². The first-order valence-electron chi connectivity index (χ1n) is 9.57. The summed E-state index contributed by atoms with van der Waals surface area (Å²) < 4.78 is 0. The van der Waals surface area contributed by atoms with E-state index in [0.29, 0.717) is 5.56 Å². The third kappa shape index (κ3) is 8.34. The fourth-order valence-corrected chi connectivity index (χ4v) is 2.74. The van der Waals surface area contributed by atoms with Crippen LogP contribution in [0.1, 0.15) is 12.5 Å². The van der Waals surface area contributed by atoms with Crippen molar-refractivity contribution in [1.29, 1.82) is 0 Å². The van der Waals surface area contributed by atoms with Crippen molar-refractivity contribution in [2.24, 2.45) is 5.73 Å². The third-order valence-electron chi connectivity index (χ3n) is 4.44. The van der Waals surface area contributed by atoms with Gasteiger partial charge in [-0.1, -0.05) is 12.1 Å². The zero-order chi connectivity index (χ0) is 24.4. The maximum absolute atomic E-state index is 12.8. The van der Waals surface area contributed by atoms with Crippen molar-refractivity contribution >= 4 is 36.3 Å². The van der Waals surface area contributed by atoms with Crippen molar-refractivity contribution in [1.82, 2.24) is 16.0 Å². The summed E-state index contributed by atoms with van der Waals surface area (Å²) in [6, 6.07) is 0.338. The minimum atomic E-state index is -1.51. The molecule has 12 nitrogen and oxygen atoms in total. The number of amides is 3. The molecule has 0 aromatic heterocycles. The molecule has 0 aliphatic rings. The van der Waals surface area contributed by atoms with E-state index >= 15 is 0 Å². The Hall–Kier alpha value is -2.87. The van der Waals surface area contributed by atoms with Gasteiger partial charge in [0.15, 0.2) is 0 Å². The fourth-order valence-electron chi connectivity index (χ4n) is 2.49. The van der Waals surface area contributed by atoms with Crippen LogP contribution in [0.4, 0.5) is 0 Å². The zero-order valence-corrected chi connectivity index (χ0v) is 18.2. The number of nitrogens with two attached hydrogens (primary N) is 1. The van der Waals surface area contributed by atoms with E-state index in [1.54, 1.807) is 0 Å². The summed E-state index contributed by atoms with van der Waals surface area (Å²) in [4.78, 5) is 48.4. The number of aliphatic carboxylic acids is 1. The van der Waals surface area contributed by atoms with Gasteiger partial charge in [0.1, 0.15) is 29.9 Å². The summed E-state index contributed by atoms with van der Waals surface area (Å²) in [5, 5.41) is 44.2. The number of aliphatic hydroxyl groups is 2. The second-order valence-electron chi connectivity index (χ2n) is 7.02. The van der Waals surface area contributed by atoms with Gasteiger partial charge in [0.2, 0.25) is 17.7 Å². The van der Waals surface area contributed by atoms with Crippen molar-refractivity contribution in [3.05, 3.63) is 29.8 Å². The van der Waals surface area contributed by atoms with Crippen LogP contribution in [0.25, 0.3) is 0 Å². The highest BCUT2D eigenvalue weighted by Gasteiger charge is 2.30. The lowest BCUT2D eigenvalue weighted by Crippen LogP contribution is -2.59. The molecule has 1 aromatic carbocycles. The molecule has 0 fully saturated rings. The number of carbonyl (C=O) groups excluding carboxylic acids is 3. The molecule has 32 heavy (non-hydrogen) atoms. The van der Waals surface area contributed by atoms with Gasteiger partial charge in [-0.3, -0.25) is 14.4 Å². The molecule has 0 bridgehead atoms. The lowest BCUT2D eigenvalue weighted by atomic mass is 10.0. The van der Waals surface area contributed by atoms with E-state index in [4.69, 9.17) is 10.8 Å². The number of benzene rings is 1. The molecule has 0 aliphatic heterocycles. The summed E-state index contributed by atoms with van der Waals surface area (Å²) in [6.45, 7) is 0.454. The largest absolute Gasteiger partial charge is 0.508 e. The van der Waals surface area contributed by atoms with Gasteiger partial charge >= 0.3 is 5.97 Å². The highest BCUT2D eigenvalue weighted by molar-refractivity contribution is 7.80. The molecule has 9 N–H and O–H groups in total. The number of hydrogen-bond acceptors (Lipinski definition) is 9. The van der Waals surface area contributed by atoms with Gasteiger partial charge in [0, 0.05) is 12.2 Å². The number of phenolic OH excluding ortho intramolecular Hbond substituents is 1. The predicted octanol–water partition coefficient (Wildman–Crippen LogP) is -2.90. The molecule has 0 spiro atoms. The Kier molecular flexibility index (Phi) is 10.9. The average Bonchev–Trinajstić information content (AvgIpc) is 2.75. The van der Waals surface area contributed by atoms with Crippen LogP contribution in [-0.2, 0) is 25.6 Å². The molecule has 178 valence electrons. The molecule has 5 atom stereocenters. The number of nitrogens with one attached hydrogen (secondary N) is 3. The van der Waals surface area contributed by atoms with E-state index in [-0.39, 0.29) is 17.9 Å². The predicted molar refractivity (Wildman–Crippen MR) is 116 cm³/mol. The smallest absolute Gasteiger partial charge is 0.327 e. The van der Waals surface area contributed by atoms with Gasteiger partial charge in [-0.25, -0.2) is 4.79 Å². The minimum Gasteiger partial charge on any atom is -0.508 e. The summed E-state index contributed by atoms with van der Waals surface area (Å²) in [6.07, 6.45) is -1.27. The maximum atomic E-state index is 12.8. The van der Waals surface area contributed by atoms with Gasteiger partial charge in [-0.2, -0.15) is 12.6 Å². The number of phenols is 1. The van der Waals surface area contributed by atoms with Crippen LogP contribution < -0.4 is 21.7 Å². The quantitative estimate of drug-likeness (QED) is 0.143. The first-order chi connectivity index (χ1) is 15.0. The first kappa shape index (κ1) is 27.2. The number of aliphatic hydroxyl groups excluding tert-OH is 2. The normalized spacial score (nSPS) is 15.5. The molecule has 0 radical (unpaired) electrons. The number of carboxylic acid groups (broad SMARTS) is 1. The summed E-state index contributed by atoms with van der Waals surface area (Å²) in [5.74, 6) is -4.23. The Bertz CT molecular complexity index is 805. The fraction of sp³-hybridized carbons (Fsp3) is 0.474. The standard InChI is InChI=1S/C19H28N4O8S/c1-9(25)15(20)18(29)21-12(6-10-2-4-11(26)5-3-10)16(27)22-13(7-24)17(28)23-14(8-32)19(30)31/h2-5,9,12-15,24-26,32H,6-8,20H2,1H3,(H,21,29)(H,22,27)(H,23,28)(H,30,31). The molecule has 3 amide bonds. The highest BCUT2D eigenvalue weighted by atomic mass is 32.1. The van der Waals surface area contributed by atoms with E-state index < -0.39 is 60.6 Å². The van der Waals surface area contributed by atoms with Crippen molar-refractivity contribution < 1.29 is 39.6 Å². The third-order valence-corrected chi connectivity index (χ3v) is 4.81. The van der Waals surface area contributed by atoms with Crippen LogP contribution in [0, 0.1) is 0 Å². The van der Waals surface area contributed by atoms with Gasteiger partial charge in [0.05, 0.1) is 12.7 Å². The minimum absolute atomic E-state index is 0.0101. The Morgan fingerprint density at radius 3 is 1.94 bits per heavy atom. The number of rotatable bonds is 12. The molecule has 0 saturated carbocycles. The van der Waals surface area contributed by atoms with E-state index in [2.05, 4.69) is 28.6 Å². The molecule has 0 saturated heterocycles. The van der Waals surface area contributed by atoms with Crippen LogP contribution in [-0.4, -0.2) is 86.7 Å². The van der Waals surface area contributed by atoms with E-state index in [9.17, 15) is 34.5 Å². The molecule has 0 aliphatic carbocycles. The summed E-state index contributed by atoms with van der Waals surface area (Å²) in [5.41, 5.74) is 6.14. The van der Waals surface area contributed by atoms with Crippen molar-refractivity contribution in [2.45, 2.75) is 43.6 Å². The van der Waals surface area contributed by atoms with E-state index in [0.717, 1.165) is 0 Å². The topological polar surface area (TPSA) is 211 Å². The lowest BCUT2D eigenvalue weighted by molar-refractivity contribution is -0.142.